The minimum Gasteiger partial charge on any atom is -0.388 e. The van der Waals surface area contributed by atoms with Gasteiger partial charge in [-0.15, -0.1) is 0 Å². The number of unbranched alkanes of at least 4 members (excludes halogenated alkanes) is 2. The fourth-order valence-corrected chi connectivity index (χ4v) is 5.29. The fraction of sp³-hybridized carbons (Fsp3) is 0.407. The molecule has 5 N–H and O–H groups in total. The van der Waals surface area contributed by atoms with E-state index >= 15 is 0 Å². The summed E-state index contributed by atoms with van der Waals surface area (Å²) in [6.07, 6.45) is 5.54. The molecule has 0 spiro atoms. The molecule has 0 saturated carbocycles. The van der Waals surface area contributed by atoms with Crippen molar-refractivity contribution < 1.29 is 9.90 Å². The van der Waals surface area contributed by atoms with E-state index in [1.54, 1.807) is 23.1 Å². The van der Waals surface area contributed by atoms with E-state index in [0.717, 1.165) is 30.5 Å². The zero-order valence-electron chi connectivity index (χ0n) is 20.9. The second-order valence-electron chi connectivity index (χ2n) is 9.55. The van der Waals surface area contributed by atoms with Crippen LogP contribution in [-0.4, -0.2) is 44.4 Å². The number of nitrogens with two attached hydrogens (primary N) is 2. The molecule has 1 aromatic carbocycles. The van der Waals surface area contributed by atoms with Crippen molar-refractivity contribution in [2.75, 3.05) is 13.1 Å². The van der Waals surface area contributed by atoms with Crippen molar-refractivity contribution >= 4 is 34.4 Å². The van der Waals surface area contributed by atoms with E-state index in [9.17, 15) is 15.2 Å². The Kier molecular flexibility index (Phi) is 8.31. The SMILES string of the molecule is Cn1c(CCCCCC(O)c2cccc(Cl)c2)c(C(=O)N2CC[C@H](/C(N)=N/N)C2)c2cc(C#N)cnc21. The van der Waals surface area contributed by atoms with Gasteiger partial charge in [0.1, 0.15) is 17.6 Å². The van der Waals surface area contributed by atoms with Crippen LogP contribution >= 0.6 is 11.6 Å². The molecule has 194 valence electrons. The number of carbonyl (C=O) groups excluding carboxylic acids is 1. The highest BCUT2D eigenvalue weighted by molar-refractivity contribution is 6.30. The highest BCUT2D eigenvalue weighted by Crippen LogP contribution is 2.30. The number of aliphatic hydroxyl groups is 1. The van der Waals surface area contributed by atoms with Crippen LogP contribution in [0.5, 0.6) is 0 Å². The van der Waals surface area contributed by atoms with Crippen LogP contribution in [0.15, 0.2) is 41.6 Å². The molecule has 1 aliphatic rings. The highest BCUT2D eigenvalue weighted by Gasteiger charge is 2.32. The van der Waals surface area contributed by atoms with Crippen LogP contribution < -0.4 is 11.6 Å². The summed E-state index contributed by atoms with van der Waals surface area (Å²) in [4.78, 5) is 20.0. The summed E-state index contributed by atoms with van der Waals surface area (Å²) in [5.74, 6) is 5.54. The number of carbonyl (C=O) groups is 1. The number of aryl methyl sites for hydroxylation is 1. The Bertz CT molecular complexity index is 1360. The molecule has 3 aromatic rings. The van der Waals surface area contributed by atoms with Crippen molar-refractivity contribution in [2.45, 2.75) is 44.6 Å². The third-order valence-electron chi connectivity index (χ3n) is 7.16. The molecule has 1 fully saturated rings. The van der Waals surface area contributed by atoms with Gasteiger partial charge < -0.3 is 26.1 Å². The van der Waals surface area contributed by atoms with Gasteiger partial charge in [0.2, 0.25) is 0 Å². The summed E-state index contributed by atoms with van der Waals surface area (Å²) in [7, 11) is 1.91. The smallest absolute Gasteiger partial charge is 0.256 e. The predicted octanol–water partition coefficient (Wildman–Crippen LogP) is 3.63. The van der Waals surface area contributed by atoms with Crippen molar-refractivity contribution in [1.29, 1.82) is 5.26 Å². The summed E-state index contributed by atoms with van der Waals surface area (Å²) in [6.45, 7) is 1.01. The largest absolute Gasteiger partial charge is 0.388 e. The van der Waals surface area contributed by atoms with Crippen molar-refractivity contribution in [3.8, 4) is 6.07 Å². The molecular formula is C27H32ClN7O2. The molecule has 1 aliphatic heterocycles. The summed E-state index contributed by atoms with van der Waals surface area (Å²) in [5.41, 5.74) is 9.29. The second kappa shape index (κ2) is 11.6. The standard InChI is InChI=1S/C27H32ClN7O2/c1-34-22(8-3-2-4-9-23(36)18-6-5-7-20(28)13-18)24(21-12-17(14-29)15-32-26(21)34)27(37)35-11-10-19(16-35)25(30)33-31/h5-7,12-13,15,19,23,36H,2-4,8-11,16,31H2,1H3,(H2,30,33)/t19-,23?/m0/s1. The van der Waals surface area contributed by atoms with Crippen LogP contribution in [0, 0.1) is 17.2 Å². The predicted molar refractivity (Wildman–Crippen MR) is 144 cm³/mol. The lowest BCUT2D eigenvalue weighted by molar-refractivity contribution is 0.0791. The number of hydrogen-bond donors (Lipinski definition) is 3. The first-order valence-electron chi connectivity index (χ1n) is 12.5. The number of halogens is 1. The molecule has 2 aromatic heterocycles. The number of amidine groups is 1. The van der Waals surface area contributed by atoms with E-state index in [1.807, 2.05) is 23.7 Å². The van der Waals surface area contributed by atoms with Crippen LogP contribution in [0.4, 0.5) is 0 Å². The minimum absolute atomic E-state index is 0.0638. The number of nitrogens with zero attached hydrogens (tertiary/aromatic N) is 5. The maximum absolute atomic E-state index is 13.8. The molecule has 1 unspecified atom stereocenters. The maximum Gasteiger partial charge on any atom is 0.256 e. The van der Waals surface area contributed by atoms with Gasteiger partial charge in [0.25, 0.3) is 5.91 Å². The molecule has 10 heteroatoms. The molecule has 1 amide bonds. The third kappa shape index (κ3) is 5.71. The Hall–Kier alpha value is -3.61. The summed E-state index contributed by atoms with van der Waals surface area (Å²) in [5, 5.41) is 24.8. The lowest BCUT2D eigenvalue weighted by atomic mass is 10.0. The average Bonchev–Trinajstić information content (AvgIpc) is 3.51. The zero-order chi connectivity index (χ0) is 26.5. The van der Waals surface area contributed by atoms with Gasteiger partial charge in [0, 0.05) is 48.4 Å². The number of pyridine rings is 1. The van der Waals surface area contributed by atoms with Crippen LogP contribution in [-0.2, 0) is 13.5 Å². The first-order chi connectivity index (χ1) is 17.8. The molecule has 3 heterocycles. The van der Waals surface area contributed by atoms with Gasteiger partial charge in [0.05, 0.1) is 17.2 Å². The monoisotopic (exact) mass is 521 g/mol. The number of benzene rings is 1. The first kappa shape index (κ1) is 26.5. The van der Waals surface area contributed by atoms with E-state index in [1.165, 1.54) is 6.20 Å². The summed E-state index contributed by atoms with van der Waals surface area (Å²) >= 11 is 6.04. The Morgan fingerprint density at radius 1 is 1.35 bits per heavy atom. The number of nitriles is 1. The average molecular weight is 522 g/mol. The minimum atomic E-state index is -0.560. The van der Waals surface area contributed by atoms with E-state index in [2.05, 4.69) is 16.2 Å². The summed E-state index contributed by atoms with van der Waals surface area (Å²) in [6, 6.07) is 11.2. The number of hydrogen-bond acceptors (Lipinski definition) is 6. The van der Waals surface area contributed by atoms with Gasteiger partial charge in [-0.05, 0) is 49.4 Å². The van der Waals surface area contributed by atoms with Gasteiger partial charge in [-0.25, -0.2) is 4.98 Å². The maximum atomic E-state index is 13.8. The highest BCUT2D eigenvalue weighted by atomic mass is 35.5. The molecule has 0 aliphatic carbocycles. The van der Waals surface area contributed by atoms with Crippen molar-refractivity contribution in [1.82, 2.24) is 14.5 Å². The van der Waals surface area contributed by atoms with E-state index in [-0.39, 0.29) is 11.8 Å². The molecule has 37 heavy (non-hydrogen) atoms. The Morgan fingerprint density at radius 2 is 2.16 bits per heavy atom. The lowest BCUT2D eigenvalue weighted by Gasteiger charge is -2.18. The van der Waals surface area contributed by atoms with Crippen LogP contribution in [0.2, 0.25) is 5.02 Å². The van der Waals surface area contributed by atoms with Gasteiger partial charge in [-0.1, -0.05) is 36.6 Å². The number of hydrazone groups is 1. The van der Waals surface area contributed by atoms with Gasteiger partial charge >= 0.3 is 0 Å². The van der Waals surface area contributed by atoms with Gasteiger partial charge in [0.15, 0.2) is 0 Å². The second-order valence-corrected chi connectivity index (χ2v) is 9.98. The van der Waals surface area contributed by atoms with Gasteiger partial charge in [-0.2, -0.15) is 10.4 Å². The first-order valence-corrected chi connectivity index (χ1v) is 12.8. The third-order valence-corrected chi connectivity index (χ3v) is 7.39. The fourth-order valence-electron chi connectivity index (χ4n) is 5.09. The molecule has 4 rings (SSSR count). The number of likely N-dealkylation sites (tertiary alicyclic amines) is 1. The number of aliphatic hydroxyl groups excluding tert-OH is 1. The molecule has 0 bridgehead atoms. The number of rotatable bonds is 9. The van der Waals surface area contributed by atoms with Crippen LogP contribution in [0.3, 0.4) is 0 Å². The van der Waals surface area contributed by atoms with E-state index in [4.69, 9.17) is 23.2 Å². The van der Waals surface area contributed by atoms with E-state index in [0.29, 0.717) is 65.4 Å². The normalized spacial score (nSPS) is 16.8. The Labute approximate surface area is 221 Å². The Morgan fingerprint density at radius 3 is 2.89 bits per heavy atom. The number of aromatic nitrogens is 2. The van der Waals surface area contributed by atoms with Gasteiger partial charge in [-0.3, -0.25) is 4.79 Å². The van der Waals surface area contributed by atoms with Crippen molar-refractivity contribution in [2.24, 2.45) is 29.6 Å². The number of amides is 1. The molecular weight excluding hydrogens is 490 g/mol. The summed E-state index contributed by atoms with van der Waals surface area (Å²) < 4.78 is 1.95. The van der Waals surface area contributed by atoms with Crippen LogP contribution in [0.1, 0.15) is 65.4 Å². The van der Waals surface area contributed by atoms with Crippen molar-refractivity contribution in [3.05, 3.63) is 63.9 Å². The topological polar surface area (TPSA) is 147 Å². The lowest BCUT2D eigenvalue weighted by Crippen LogP contribution is -2.32. The molecule has 0 radical (unpaired) electrons. The molecule has 2 atom stereocenters. The zero-order valence-corrected chi connectivity index (χ0v) is 21.7. The van der Waals surface area contributed by atoms with Crippen LogP contribution in [0.25, 0.3) is 11.0 Å². The molecule has 1 saturated heterocycles. The molecule has 9 nitrogen and oxygen atoms in total. The van der Waals surface area contributed by atoms with E-state index < -0.39 is 6.10 Å². The Balaban J connectivity index is 1.50. The number of fused-ring (bicyclic) bond motifs is 1. The van der Waals surface area contributed by atoms with Crippen molar-refractivity contribution in [3.63, 3.8) is 0 Å². The quantitative estimate of drug-likeness (QED) is 0.129.